The van der Waals surface area contributed by atoms with E-state index in [0.29, 0.717) is 12.8 Å². The minimum atomic E-state index is -1.20. The van der Waals surface area contributed by atoms with E-state index < -0.39 is 42.3 Å². The van der Waals surface area contributed by atoms with Crippen molar-refractivity contribution in [3.05, 3.63) is 0 Å². The van der Waals surface area contributed by atoms with Gasteiger partial charge < -0.3 is 38.3 Å². The number of carboxylic acid groups (broad SMARTS) is 1. The third-order valence-corrected chi connectivity index (χ3v) is 3.99. The van der Waals surface area contributed by atoms with Gasteiger partial charge in [0.15, 0.2) is 5.96 Å². The number of nitrogens with zero attached hydrogens (tertiary/aromatic N) is 1. The molecule has 3 atom stereocenters. The third-order valence-electron chi connectivity index (χ3n) is 3.99. The highest BCUT2D eigenvalue weighted by atomic mass is 16.4. The molecule has 0 aromatic heterocycles. The fourth-order valence-corrected chi connectivity index (χ4v) is 2.25. The van der Waals surface area contributed by atoms with Gasteiger partial charge in [-0.25, -0.2) is 0 Å². The summed E-state index contributed by atoms with van der Waals surface area (Å²) >= 11 is 0. The molecule has 12 heteroatoms. The Morgan fingerprint density at radius 3 is 2.25 bits per heavy atom. The first kappa shape index (κ1) is 25.1. The predicted molar refractivity (Wildman–Crippen MR) is 103 cm³/mol. The summed E-state index contributed by atoms with van der Waals surface area (Å²) in [5.41, 5.74) is 15.8. The zero-order valence-corrected chi connectivity index (χ0v) is 16.2. The number of aliphatic imine (C=N–C) groups is 1. The SMILES string of the molecule is CCC(C)C(NC(=O)C(CCCN=C(N)N)NC(=O)CN)C(=O)NCC(=O)O. The molecule has 0 aliphatic carbocycles. The van der Waals surface area contributed by atoms with E-state index >= 15 is 0 Å². The van der Waals surface area contributed by atoms with Gasteiger partial charge in [-0.1, -0.05) is 20.3 Å². The van der Waals surface area contributed by atoms with Gasteiger partial charge in [-0.2, -0.15) is 0 Å². The molecule has 0 heterocycles. The molecule has 28 heavy (non-hydrogen) atoms. The van der Waals surface area contributed by atoms with Crippen molar-refractivity contribution in [3.63, 3.8) is 0 Å². The molecule has 0 radical (unpaired) electrons. The molecule has 0 fully saturated rings. The molecule has 12 nitrogen and oxygen atoms in total. The molecule has 0 rings (SSSR count). The Morgan fingerprint density at radius 2 is 1.75 bits per heavy atom. The van der Waals surface area contributed by atoms with Crippen molar-refractivity contribution in [2.75, 3.05) is 19.6 Å². The van der Waals surface area contributed by atoms with E-state index in [1.54, 1.807) is 6.92 Å². The highest BCUT2D eigenvalue weighted by Crippen LogP contribution is 2.09. The molecule has 0 bridgehead atoms. The number of nitrogens with two attached hydrogens (primary N) is 3. The number of guanidine groups is 1. The maximum atomic E-state index is 12.6. The number of hydrogen-bond acceptors (Lipinski definition) is 6. The molecule has 0 aliphatic heterocycles. The van der Waals surface area contributed by atoms with E-state index in [0.717, 1.165) is 0 Å². The van der Waals surface area contributed by atoms with Crippen molar-refractivity contribution < 1.29 is 24.3 Å². The molecular formula is C16H31N7O5. The Balaban J connectivity index is 5.14. The Labute approximate surface area is 163 Å². The fraction of sp³-hybridized carbons (Fsp3) is 0.688. The van der Waals surface area contributed by atoms with Gasteiger partial charge in [0, 0.05) is 6.54 Å². The van der Waals surface area contributed by atoms with Crippen molar-refractivity contribution in [2.24, 2.45) is 28.1 Å². The first-order valence-corrected chi connectivity index (χ1v) is 8.97. The van der Waals surface area contributed by atoms with Gasteiger partial charge in [-0.15, -0.1) is 0 Å². The second-order valence-electron chi connectivity index (χ2n) is 6.26. The lowest BCUT2D eigenvalue weighted by molar-refractivity contribution is -0.139. The summed E-state index contributed by atoms with van der Waals surface area (Å²) in [7, 11) is 0. The molecule has 3 amide bonds. The molecule has 10 N–H and O–H groups in total. The van der Waals surface area contributed by atoms with Crippen LogP contribution in [0.4, 0.5) is 0 Å². The summed E-state index contributed by atoms with van der Waals surface area (Å²) in [6.07, 6.45) is 1.19. The predicted octanol–water partition coefficient (Wildman–Crippen LogP) is -2.78. The van der Waals surface area contributed by atoms with Gasteiger partial charge in [0.25, 0.3) is 0 Å². The Kier molecular flexibility index (Phi) is 11.9. The van der Waals surface area contributed by atoms with Gasteiger partial charge in [0.2, 0.25) is 17.7 Å². The molecule has 0 saturated heterocycles. The molecule has 0 aromatic rings. The maximum Gasteiger partial charge on any atom is 0.322 e. The van der Waals surface area contributed by atoms with Gasteiger partial charge in [-0.3, -0.25) is 24.2 Å². The number of aliphatic carboxylic acids is 1. The van der Waals surface area contributed by atoms with Crippen LogP contribution in [0, 0.1) is 5.92 Å². The minimum Gasteiger partial charge on any atom is -0.480 e. The maximum absolute atomic E-state index is 12.6. The minimum absolute atomic E-state index is 0.0843. The van der Waals surface area contributed by atoms with E-state index in [2.05, 4.69) is 20.9 Å². The van der Waals surface area contributed by atoms with Crippen LogP contribution in [0.2, 0.25) is 0 Å². The number of carbonyl (C=O) groups is 4. The van der Waals surface area contributed by atoms with E-state index in [-0.39, 0.29) is 31.4 Å². The third kappa shape index (κ3) is 10.3. The van der Waals surface area contributed by atoms with Crippen molar-refractivity contribution in [3.8, 4) is 0 Å². The highest BCUT2D eigenvalue weighted by molar-refractivity contribution is 5.93. The Morgan fingerprint density at radius 1 is 1.11 bits per heavy atom. The van der Waals surface area contributed by atoms with E-state index in [9.17, 15) is 19.2 Å². The van der Waals surface area contributed by atoms with Crippen LogP contribution in [0.5, 0.6) is 0 Å². The summed E-state index contributed by atoms with van der Waals surface area (Å²) in [6, 6.07) is -1.89. The second kappa shape index (κ2) is 13.3. The molecule has 3 unspecified atom stereocenters. The second-order valence-corrected chi connectivity index (χ2v) is 6.26. The van der Waals surface area contributed by atoms with Crippen molar-refractivity contribution in [1.82, 2.24) is 16.0 Å². The number of amides is 3. The number of hydrogen-bond donors (Lipinski definition) is 7. The van der Waals surface area contributed by atoms with Crippen LogP contribution < -0.4 is 33.2 Å². The number of nitrogens with one attached hydrogen (secondary N) is 3. The first-order valence-electron chi connectivity index (χ1n) is 8.97. The molecule has 0 saturated carbocycles. The normalized spacial score (nSPS) is 13.5. The van der Waals surface area contributed by atoms with Gasteiger partial charge in [0.1, 0.15) is 18.6 Å². The molecule has 0 spiro atoms. The largest absolute Gasteiger partial charge is 0.480 e. The standard InChI is InChI=1S/C16H31N7O5/c1-3-9(2)13(15(28)21-8-12(25)26)23-14(27)10(22-11(24)7-17)5-4-6-20-16(18)19/h9-10,13H,3-8,17H2,1-2H3,(H,21,28)(H,22,24)(H,23,27)(H,25,26)(H4,18,19,20). The highest BCUT2D eigenvalue weighted by Gasteiger charge is 2.29. The summed E-state index contributed by atoms with van der Waals surface area (Å²) in [4.78, 5) is 51.0. The zero-order chi connectivity index (χ0) is 21.7. The summed E-state index contributed by atoms with van der Waals surface area (Å²) in [5, 5.41) is 16.0. The van der Waals surface area contributed by atoms with Gasteiger partial charge in [-0.05, 0) is 18.8 Å². The van der Waals surface area contributed by atoms with Crippen LogP contribution in [0.25, 0.3) is 0 Å². The van der Waals surface area contributed by atoms with Crippen molar-refractivity contribution >= 4 is 29.7 Å². The zero-order valence-electron chi connectivity index (χ0n) is 16.2. The Bertz CT molecular complexity index is 578. The molecule has 0 aliphatic rings. The topological polar surface area (TPSA) is 215 Å². The van der Waals surface area contributed by atoms with Crippen LogP contribution in [0.1, 0.15) is 33.1 Å². The molecule has 0 aromatic carbocycles. The molecule has 160 valence electrons. The van der Waals surface area contributed by atoms with Crippen LogP contribution in [0.15, 0.2) is 4.99 Å². The fourth-order valence-electron chi connectivity index (χ4n) is 2.25. The number of carbonyl (C=O) groups excluding carboxylic acids is 3. The van der Waals surface area contributed by atoms with Gasteiger partial charge in [0.05, 0.1) is 6.54 Å². The van der Waals surface area contributed by atoms with Crippen molar-refractivity contribution in [2.45, 2.75) is 45.2 Å². The monoisotopic (exact) mass is 401 g/mol. The van der Waals surface area contributed by atoms with Crippen LogP contribution >= 0.6 is 0 Å². The average Bonchev–Trinajstić information content (AvgIpc) is 2.65. The smallest absolute Gasteiger partial charge is 0.322 e. The van der Waals surface area contributed by atoms with E-state index in [4.69, 9.17) is 22.3 Å². The summed E-state index contributed by atoms with van der Waals surface area (Å²) in [6.45, 7) is 2.98. The first-order chi connectivity index (χ1) is 13.1. The van der Waals surface area contributed by atoms with E-state index in [1.807, 2.05) is 6.92 Å². The van der Waals surface area contributed by atoms with Crippen LogP contribution in [-0.2, 0) is 19.2 Å². The summed E-state index contributed by atoms with van der Waals surface area (Å²) in [5.74, 6) is -3.27. The summed E-state index contributed by atoms with van der Waals surface area (Å²) < 4.78 is 0. The van der Waals surface area contributed by atoms with Crippen molar-refractivity contribution in [1.29, 1.82) is 0 Å². The lowest BCUT2D eigenvalue weighted by atomic mass is 9.97. The number of rotatable bonds is 13. The van der Waals surface area contributed by atoms with E-state index in [1.165, 1.54) is 0 Å². The Hall–Kier alpha value is -2.89. The lowest BCUT2D eigenvalue weighted by Gasteiger charge is -2.26. The lowest BCUT2D eigenvalue weighted by Crippen LogP contribution is -2.56. The van der Waals surface area contributed by atoms with Crippen LogP contribution in [-0.4, -0.2) is 66.5 Å². The average molecular weight is 401 g/mol. The quantitative estimate of drug-likeness (QED) is 0.0970. The number of carboxylic acids is 1. The van der Waals surface area contributed by atoms with Gasteiger partial charge >= 0.3 is 5.97 Å². The molecular weight excluding hydrogens is 370 g/mol. The van der Waals surface area contributed by atoms with Crippen LogP contribution in [0.3, 0.4) is 0 Å².